The molecule has 0 fully saturated rings. The van der Waals surface area contributed by atoms with Crippen molar-refractivity contribution in [2.24, 2.45) is 10.2 Å². The average molecular weight is 537 g/mol. The number of rotatable bonds is 3. The highest BCUT2D eigenvalue weighted by molar-refractivity contribution is 5.79. The molecule has 2 heterocycles. The Labute approximate surface area is 240 Å². The SMILES string of the molecule is Cc1ccc2c(c1)N=[N+](c1ccccc1C)[C@]1(N2C)N(c2ccccc2)c2ccc(C)cc2N=[N+]1c1ccccc1. The molecule has 200 valence electrons. The molecule has 0 saturated carbocycles. The summed E-state index contributed by atoms with van der Waals surface area (Å²) in [4.78, 5) is 4.69. The molecule has 0 unspecified atom stereocenters. The third-order valence-corrected chi connectivity index (χ3v) is 7.96. The van der Waals surface area contributed by atoms with Gasteiger partial charge in [0.1, 0.15) is 0 Å². The number of azo groups is 4. The van der Waals surface area contributed by atoms with Crippen LogP contribution in [0.3, 0.4) is 0 Å². The molecule has 5 aromatic carbocycles. The van der Waals surface area contributed by atoms with E-state index in [1.807, 2.05) is 6.07 Å². The summed E-state index contributed by atoms with van der Waals surface area (Å²) in [6.07, 6.45) is 0. The van der Waals surface area contributed by atoms with Gasteiger partial charge in [0.05, 0.1) is 17.1 Å². The molecule has 0 bridgehead atoms. The summed E-state index contributed by atoms with van der Waals surface area (Å²) < 4.78 is 4.27. The molecule has 0 saturated heterocycles. The topological polar surface area (TPSA) is 37.2 Å². The number of hydrogen-bond donors (Lipinski definition) is 0. The van der Waals surface area contributed by atoms with Crippen LogP contribution in [-0.4, -0.2) is 22.4 Å². The van der Waals surface area contributed by atoms with Crippen molar-refractivity contribution in [2.75, 3.05) is 16.8 Å². The summed E-state index contributed by atoms with van der Waals surface area (Å²) in [7, 11) is 2.15. The third kappa shape index (κ3) is 3.79. The Balaban J connectivity index is 1.68. The molecular formula is C35H32N6+2. The molecule has 1 atom stereocenters. The molecule has 41 heavy (non-hydrogen) atoms. The number of anilines is 3. The molecular weight excluding hydrogens is 504 g/mol. The van der Waals surface area contributed by atoms with Gasteiger partial charge in [-0.1, -0.05) is 66.7 Å². The summed E-state index contributed by atoms with van der Waals surface area (Å²) in [6, 6.07) is 42.4. The summed E-state index contributed by atoms with van der Waals surface area (Å²) in [5, 5.41) is 10.9. The lowest BCUT2D eigenvalue weighted by molar-refractivity contribution is -0.814. The Bertz CT molecular complexity index is 1840. The van der Waals surface area contributed by atoms with Gasteiger partial charge in [-0.3, -0.25) is 0 Å². The highest BCUT2D eigenvalue weighted by Gasteiger charge is 2.72. The van der Waals surface area contributed by atoms with E-state index in [1.54, 1.807) is 0 Å². The smallest absolute Gasteiger partial charge is 0.227 e. The first-order valence-electron chi connectivity index (χ1n) is 13.9. The van der Waals surface area contributed by atoms with Crippen LogP contribution in [-0.2, 0) is 0 Å². The Hall–Kier alpha value is -5.10. The maximum atomic E-state index is 5.45. The Morgan fingerprint density at radius 3 is 1.83 bits per heavy atom. The van der Waals surface area contributed by atoms with E-state index in [0.717, 1.165) is 56.5 Å². The fourth-order valence-corrected chi connectivity index (χ4v) is 5.99. The quantitative estimate of drug-likeness (QED) is 0.215. The summed E-state index contributed by atoms with van der Waals surface area (Å²) >= 11 is 0. The molecule has 7 rings (SSSR count). The number of fused-ring (bicyclic) bond motifs is 2. The largest absolute Gasteiger partial charge is 0.595 e. The lowest BCUT2D eigenvalue weighted by Crippen LogP contribution is -2.71. The van der Waals surface area contributed by atoms with Gasteiger partial charge >= 0.3 is 5.91 Å². The van der Waals surface area contributed by atoms with Crippen molar-refractivity contribution in [3.05, 3.63) is 138 Å². The van der Waals surface area contributed by atoms with E-state index in [2.05, 4.69) is 162 Å². The second kappa shape index (κ2) is 9.52. The van der Waals surface area contributed by atoms with E-state index in [0.29, 0.717) is 0 Å². The maximum absolute atomic E-state index is 5.45. The van der Waals surface area contributed by atoms with Crippen molar-refractivity contribution in [2.45, 2.75) is 26.7 Å². The number of hydrogen-bond acceptors (Lipinski definition) is 4. The Morgan fingerprint density at radius 2 is 1.15 bits per heavy atom. The minimum absolute atomic E-state index is 0.899. The van der Waals surface area contributed by atoms with Crippen LogP contribution in [0.4, 0.5) is 39.8 Å². The molecule has 2 aliphatic heterocycles. The minimum Gasteiger partial charge on any atom is -0.227 e. The number of benzene rings is 5. The predicted octanol–water partition coefficient (Wildman–Crippen LogP) is 9.38. The van der Waals surface area contributed by atoms with E-state index in [4.69, 9.17) is 10.2 Å². The summed E-state index contributed by atoms with van der Waals surface area (Å²) in [6.45, 7) is 6.36. The number of para-hydroxylation sites is 3. The van der Waals surface area contributed by atoms with E-state index in [1.165, 1.54) is 0 Å². The van der Waals surface area contributed by atoms with Gasteiger partial charge in [0, 0.05) is 50.4 Å². The summed E-state index contributed by atoms with van der Waals surface area (Å²) in [5.41, 5.74) is 10.3. The van der Waals surface area contributed by atoms with E-state index >= 15 is 0 Å². The van der Waals surface area contributed by atoms with Crippen molar-refractivity contribution in [1.82, 2.24) is 0 Å². The zero-order chi connectivity index (χ0) is 28.1. The third-order valence-electron chi connectivity index (χ3n) is 7.96. The molecule has 6 nitrogen and oxygen atoms in total. The second-order valence-corrected chi connectivity index (χ2v) is 10.8. The maximum Gasteiger partial charge on any atom is 0.595 e. The van der Waals surface area contributed by atoms with Crippen LogP contribution in [0.1, 0.15) is 16.7 Å². The molecule has 0 amide bonds. The zero-order valence-corrected chi connectivity index (χ0v) is 23.7. The van der Waals surface area contributed by atoms with Crippen LogP contribution in [0.15, 0.2) is 132 Å². The predicted molar refractivity (Wildman–Crippen MR) is 164 cm³/mol. The van der Waals surface area contributed by atoms with Gasteiger partial charge in [-0.15, -0.1) is 0 Å². The van der Waals surface area contributed by atoms with Crippen molar-refractivity contribution >= 4 is 39.8 Å². The van der Waals surface area contributed by atoms with Gasteiger partial charge < -0.3 is 0 Å². The molecule has 1 spiro atoms. The highest BCUT2D eigenvalue weighted by atomic mass is 15.7. The van der Waals surface area contributed by atoms with E-state index in [-0.39, 0.29) is 0 Å². The molecule has 0 N–H and O–H groups in total. The molecule has 2 aliphatic rings. The number of aryl methyl sites for hydroxylation is 3. The Kier molecular flexibility index (Phi) is 5.78. The fraction of sp³-hybridized carbons (Fsp3) is 0.143. The van der Waals surface area contributed by atoms with Crippen molar-refractivity contribution in [3.63, 3.8) is 0 Å². The molecule has 0 aliphatic carbocycles. The molecule has 0 radical (unpaired) electrons. The summed E-state index contributed by atoms with van der Waals surface area (Å²) in [5.74, 6) is -1.06. The van der Waals surface area contributed by atoms with Crippen LogP contribution in [0.25, 0.3) is 0 Å². The standard InChI is InChI=1S/C35H32N6/c1-25-19-21-33-30(23-25)37-41(32-18-12-11-13-27(32)3)35(38(33)4)39(28-14-7-5-8-15-28)34-22-20-26(2)24-31(34)36-40(35)29-16-9-6-10-17-29/h5-24H,1-4H3/q+2/t35-/m1/s1. The van der Waals surface area contributed by atoms with Crippen molar-refractivity contribution in [1.29, 1.82) is 0 Å². The molecule has 5 aromatic rings. The fourth-order valence-electron chi connectivity index (χ4n) is 5.99. The van der Waals surface area contributed by atoms with Gasteiger partial charge in [-0.05, 0) is 68.3 Å². The first kappa shape index (κ1) is 24.9. The average Bonchev–Trinajstić information content (AvgIpc) is 2.99. The van der Waals surface area contributed by atoms with Gasteiger partial charge in [-0.2, -0.15) is 4.90 Å². The van der Waals surface area contributed by atoms with E-state index in [9.17, 15) is 0 Å². The zero-order valence-electron chi connectivity index (χ0n) is 23.7. The highest BCUT2D eigenvalue weighted by Crippen LogP contribution is 2.53. The van der Waals surface area contributed by atoms with Crippen molar-refractivity contribution < 1.29 is 9.39 Å². The normalized spacial score (nSPS) is 17.6. The lowest BCUT2D eigenvalue weighted by Gasteiger charge is -2.43. The van der Waals surface area contributed by atoms with Crippen LogP contribution in [0.2, 0.25) is 0 Å². The van der Waals surface area contributed by atoms with Gasteiger partial charge in [0.15, 0.2) is 11.4 Å². The van der Waals surface area contributed by atoms with Crippen LogP contribution < -0.4 is 9.80 Å². The molecule has 0 aromatic heterocycles. The second-order valence-electron chi connectivity index (χ2n) is 10.8. The van der Waals surface area contributed by atoms with Gasteiger partial charge in [0.2, 0.25) is 11.4 Å². The minimum atomic E-state index is -1.06. The lowest BCUT2D eigenvalue weighted by atomic mass is 10.1. The van der Waals surface area contributed by atoms with Gasteiger partial charge in [-0.25, -0.2) is 4.90 Å². The first-order valence-corrected chi connectivity index (χ1v) is 13.9. The van der Waals surface area contributed by atoms with Crippen molar-refractivity contribution in [3.8, 4) is 0 Å². The van der Waals surface area contributed by atoms with Gasteiger partial charge in [0.25, 0.3) is 0 Å². The number of nitrogens with zero attached hydrogens (tertiary/aromatic N) is 6. The molecule has 6 heteroatoms. The Morgan fingerprint density at radius 1 is 0.585 bits per heavy atom. The van der Waals surface area contributed by atoms with Crippen LogP contribution in [0, 0.1) is 20.8 Å². The first-order chi connectivity index (χ1) is 20.0. The van der Waals surface area contributed by atoms with Crippen LogP contribution in [0.5, 0.6) is 0 Å². The van der Waals surface area contributed by atoms with Crippen LogP contribution >= 0.6 is 0 Å². The monoisotopic (exact) mass is 536 g/mol. The van der Waals surface area contributed by atoms with E-state index < -0.39 is 5.91 Å².